The van der Waals surface area contributed by atoms with Gasteiger partial charge in [-0.2, -0.15) is 4.39 Å². The summed E-state index contributed by atoms with van der Waals surface area (Å²) in [4.78, 5) is 23.5. The van der Waals surface area contributed by atoms with Crippen molar-refractivity contribution < 1.29 is 18.5 Å². The van der Waals surface area contributed by atoms with Crippen molar-refractivity contribution in [2.45, 2.75) is 5.75 Å². The molecule has 0 aliphatic rings. The van der Waals surface area contributed by atoms with Gasteiger partial charge >= 0.3 is 5.69 Å². The number of halogens is 3. The van der Waals surface area contributed by atoms with Crippen molar-refractivity contribution in [2.75, 3.05) is 0 Å². The molecule has 0 unspecified atom stereocenters. The lowest BCUT2D eigenvalue weighted by Gasteiger charge is -2.08. The number of Topliss-reactive ketones (excluding diaryl/α,β-unsaturated/α-hetero) is 1. The van der Waals surface area contributed by atoms with Crippen molar-refractivity contribution in [1.29, 1.82) is 0 Å². The molecule has 0 atom stereocenters. The number of rotatable bonds is 7. The quantitative estimate of drug-likeness (QED) is 0.158. The number of hydrogen-bond acceptors (Lipinski definition) is 4. The van der Waals surface area contributed by atoms with Crippen LogP contribution in [-0.2, 0) is 5.75 Å². The van der Waals surface area contributed by atoms with Crippen LogP contribution in [0.2, 0.25) is 0 Å². The van der Waals surface area contributed by atoms with E-state index in [1.807, 2.05) is 24.3 Å². The van der Waals surface area contributed by atoms with E-state index >= 15 is 0 Å². The van der Waals surface area contributed by atoms with E-state index < -0.39 is 22.2 Å². The lowest BCUT2D eigenvalue weighted by molar-refractivity contribution is -0.387. The number of allylic oxidation sites excluding steroid dienone is 1. The summed E-state index contributed by atoms with van der Waals surface area (Å²) >= 11 is 4.60. The first kappa shape index (κ1) is 21.9. The van der Waals surface area contributed by atoms with Gasteiger partial charge < -0.3 is 0 Å². The molecule has 0 aromatic heterocycles. The van der Waals surface area contributed by atoms with Gasteiger partial charge in [0.2, 0.25) is 5.82 Å². The van der Waals surface area contributed by atoms with Gasteiger partial charge in [-0.05, 0) is 59.7 Å². The van der Waals surface area contributed by atoms with Crippen LogP contribution in [0.15, 0.2) is 76.1 Å². The van der Waals surface area contributed by atoms with E-state index in [0.717, 1.165) is 22.2 Å². The summed E-state index contributed by atoms with van der Waals surface area (Å²) < 4.78 is 27.8. The van der Waals surface area contributed by atoms with E-state index in [1.54, 1.807) is 0 Å². The highest BCUT2D eigenvalue weighted by Gasteiger charge is 2.17. The number of nitro benzene ring substituents is 1. The molecule has 0 heterocycles. The fraction of sp³-hybridized carbons (Fsp3) is 0.0455. The summed E-state index contributed by atoms with van der Waals surface area (Å²) in [6.45, 7) is 0. The largest absolute Gasteiger partial charge is 0.305 e. The highest BCUT2D eigenvalue weighted by Crippen LogP contribution is 2.29. The number of ketones is 1. The zero-order valence-electron chi connectivity index (χ0n) is 15.3. The van der Waals surface area contributed by atoms with Crippen LogP contribution in [0, 0.1) is 21.7 Å². The van der Waals surface area contributed by atoms with Crippen molar-refractivity contribution in [1.82, 2.24) is 0 Å². The molecule has 0 amide bonds. The van der Waals surface area contributed by atoms with Crippen LogP contribution in [-0.4, -0.2) is 10.7 Å². The predicted molar refractivity (Wildman–Crippen MR) is 117 cm³/mol. The zero-order valence-corrected chi connectivity index (χ0v) is 17.8. The monoisotopic (exact) mass is 489 g/mol. The number of carbonyl (C=O) groups excluding carboxylic acids is 1. The Kier molecular flexibility index (Phi) is 7.12. The minimum atomic E-state index is -0.953. The van der Waals surface area contributed by atoms with Gasteiger partial charge in [0, 0.05) is 21.9 Å². The maximum Gasteiger partial charge on any atom is 0.305 e. The number of thioether (sulfide) groups is 1. The molecule has 0 N–H and O–H groups in total. The topological polar surface area (TPSA) is 60.2 Å². The predicted octanol–water partition coefficient (Wildman–Crippen LogP) is 6.79. The van der Waals surface area contributed by atoms with Crippen molar-refractivity contribution >= 4 is 45.2 Å². The zero-order chi connectivity index (χ0) is 21.7. The van der Waals surface area contributed by atoms with Crippen molar-refractivity contribution in [3.63, 3.8) is 0 Å². The third-order valence-electron chi connectivity index (χ3n) is 4.10. The third kappa shape index (κ3) is 5.61. The molecule has 4 nitrogen and oxygen atoms in total. The first-order chi connectivity index (χ1) is 14.3. The molecule has 0 spiro atoms. The minimum Gasteiger partial charge on any atom is -0.288 e. The van der Waals surface area contributed by atoms with Gasteiger partial charge in [0.1, 0.15) is 5.82 Å². The molecule has 3 aromatic rings. The number of nitro groups is 1. The molecule has 0 aliphatic carbocycles. The molecule has 0 saturated carbocycles. The Morgan fingerprint density at radius 3 is 2.33 bits per heavy atom. The van der Waals surface area contributed by atoms with Gasteiger partial charge in [0.15, 0.2) is 5.78 Å². The number of carbonyl (C=O) groups is 1. The Labute approximate surface area is 183 Å². The van der Waals surface area contributed by atoms with E-state index in [0.29, 0.717) is 16.2 Å². The Bertz CT molecular complexity index is 1120. The molecule has 0 fully saturated rings. The molecule has 8 heteroatoms. The lowest BCUT2D eigenvalue weighted by Crippen LogP contribution is -2.02. The molecule has 152 valence electrons. The second-order valence-electron chi connectivity index (χ2n) is 6.23. The molecule has 0 saturated heterocycles. The van der Waals surface area contributed by atoms with Crippen LogP contribution in [0.25, 0.3) is 6.08 Å². The summed E-state index contributed by atoms with van der Waals surface area (Å²) in [7, 11) is 0. The Morgan fingerprint density at radius 1 is 1.03 bits per heavy atom. The second-order valence-corrected chi connectivity index (χ2v) is 8.16. The summed E-state index contributed by atoms with van der Waals surface area (Å²) in [5.41, 5.74) is 0.890. The second kappa shape index (κ2) is 9.77. The first-order valence-corrected chi connectivity index (χ1v) is 10.4. The Hall–Kier alpha value is -2.84. The molecule has 3 rings (SSSR count). The summed E-state index contributed by atoms with van der Waals surface area (Å²) in [6, 6.07) is 16.1. The van der Waals surface area contributed by atoms with Gasteiger partial charge in [-0.1, -0.05) is 34.1 Å². The number of benzene rings is 3. The van der Waals surface area contributed by atoms with Crippen LogP contribution >= 0.6 is 27.7 Å². The summed E-state index contributed by atoms with van der Waals surface area (Å²) in [5, 5.41) is 11.0. The van der Waals surface area contributed by atoms with Crippen LogP contribution in [0.4, 0.5) is 14.5 Å². The average Bonchev–Trinajstić information content (AvgIpc) is 2.73. The molecule has 3 aromatic carbocycles. The van der Waals surface area contributed by atoms with Gasteiger partial charge in [0.25, 0.3) is 0 Å². The number of nitrogens with zero attached hydrogens (tertiary/aromatic N) is 1. The van der Waals surface area contributed by atoms with Crippen molar-refractivity contribution in [3.8, 4) is 0 Å². The fourth-order valence-corrected chi connectivity index (χ4v) is 3.82. The normalized spacial score (nSPS) is 11.4. The molecular formula is C22H14BrF2NO3S. The van der Waals surface area contributed by atoms with Crippen LogP contribution < -0.4 is 0 Å². The van der Waals surface area contributed by atoms with E-state index in [1.165, 1.54) is 48.2 Å². The standard InChI is InChI=1S/C22H14BrF2NO3S/c23-17-6-1-14(2-7-17)13-30-21(22(27)16-4-8-18(24)9-5-16)12-15-3-10-19(25)20(11-15)26(28)29/h1-12H,13H2. The maximum atomic E-state index is 13.6. The van der Waals surface area contributed by atoms with Crippen molar-refractivity contribution in [2.24, 2.45) is 0 Å². The molecule has 0 aliphatic heterocycles. The lowest BCUT2D eigenvalue weighted by atomic mass is 10.1. The summed E-state index contributed by atoms with van der Waals surface area (Å²) in [5.74, 6) is -1.31. The average molecular weight is 490 g/mol. The number of hydrogen-bond donors (Lipinski definition) is 0. The first-order valence-electron chi connectivity index (χ1n) is 8.66. The third-order valence-corrected chi connectivity index (χ3v) is 5.72. The molecule has 0 bridgehead atoms. The van der Waals surface area contributed by atoms with E-state index in [2.05, 4.69) is 15.9 Å². The fourth-order valence-electron chi connectivity index (χ4n) is 2.57. The summed E-state index contributed by atoms with van der Waals surface area (Å²) in [6.07, 6.45) is 1.47. The molecular weight excluding hydrogens is 476 g/mol. The Balaban J connectivity index is 1.95. The van der Waals surface area contributed by atoms with Gasteiger partial charge in [-0.3, -0.25) is 14.9 Å². The smallest absolute Gasteiger partial charge is 0.288 e. The highest BCUT2D eigenvalue weighted by molar-refractivity contribution is 9.10. The molecule has 0 radical (unpaired) electrons. The SMILES string of the molecule is O=C(C(=Cc1ccc(F)c([N+](=O)[O-])c1)SCc1ccc(Br)cc1)c1ccc(F)cc1. The van der Waals surface area contributed by atoms with Crippen LogP contribution in [0.1, 0.15) is 21.5 Å². The van der Waals surface area contributed by atoms with Gasteiger partial charge in [-0.25, -0.2) is 4.39 Å². The Morgan fingerprint density at radius 2 is 1.70 bits per heavy atom. The maximum absolute atomic E-state index is 13.6. The van der Waals surface area contributed by atoms with Gasteiger partial charge in [0.05, 0.1) is 9.83 Å². The van der Waals surface area contributed by atoms with Gasteiger partial charge in [-0.15, -0.1) is 11.8 Å². The highest BCUT2D eigenvalue weighted by atomic mass is 79.9. The minimum absolute atomic E-state index is 0.280. The van der Waals surface area contributed by atoms with E-state index in [9.17, 15) is 23.7 Å². The molecule has 30 heavy (non-hydrogen) atoms. The van der Waals surface area contributed by atoms with Crippen molar-refractivity contribution in [3.05, 3.63) is 115 Å². The van der Waals surface area contributed by atoms with Crippen LogP contribution in [0.3, 0.4) is 0 Å². The van der Waals surface area contributed by atoms with Crippen LogP contribution in [0.5, 0.6) is 0 Å². The van der Waals surface area contributed by atoms with E-state index in [4.69, 9.17) is 0 Å². The van der Waals surface area contributed by atoms with E-state index in [-0.39, 0.29) is 11.3 Å².